The number of rotatable bonds is 14. The lowest BCUT2D eigenvalue weighted by molar-refractivity contribution is -0.385. The number of nitrogens with one attached hydrogen (secondary N) is 4. The number of nitro benzene ring substituents is 2. The second kappa shape index (κ2) is 16.3. The molecular weight excluding hydrogens is 688 g/mol. The summed E-state index contributed by atoms with van der Waals surface area (Å²) in [6.07, 6.45) is -0.942. The zero-order chi connectivity index (χ0) is 38.2. The van der Waals surface area contributed by atoms with Crippen LogP contribution in [0.4, 0.5) is 28.4 Å². The van der Waals surface area contributed by atoms with Crippen LogP contribution < -0.4 is 26.0 Å². The van der Waals surface area contributed by atoms with Crippen molar-refractivity contribution < 1.29 is 39.2 Å². The van der Waals surface area contributed by atoms with E-state index in [9.17, 15) is 39.7 Å². The Balaban J connectivity index is 1.38. The minimum absolute atomic E-state index is 0.0985. The average molecular weight is 723 g/mol. The fourth-order valence-corrected chi connectivity index (χ4v) is 5.69. The number of hydrogen-bond donors (Lipinski definition) is 6. The average Bonchev–Trinajstić information content (AvgIpc) is 3.13. The number of dihydropyridines is 1. The number of carboxylic acids is 1. The zero-order valence-corrected chi connectivity index (χ0v) is 28.4. The third kappa shape index (κ3) is 9.19. The molecule has 5 rings (SSSR count). The summed E-state index contributed by atoms with van der Waals surface area (Å²) in [6, 6.07) is 23.4. The highest BCUT2D eigenvalue weighted by Crippen LogP contribution is 2.40. The molecule has 16 nitrogen and oxygen atoms in total. The Morgan fingerprint density at radius 3 is 1.75 bits per heavy atom. The number of carbonyl (C=O) groups excluding carboxylic acids is 2. The van der Waals surface area contributed by atoms with Gasteiger partial charge >= 0.3 is 5.97 Å². The Bertz CT molecular complexity index is 2040. The normalized spacial score (nSPS) is 13.4. The molecule has 0 bridgehead atoms. The van der Waals surface area contributed by atoms with Gasteiger partial charge in [0.05, 0.1) is 15.4 Å². The summed E-state index contributed by atoms with van der Waals surface area (Å²) >= 11 is 0. The molecule has 2 amide bonds. The highest BCUT2D eigenvalue weighted by atomic mass is 16.6. The van der Waals surface area contributed by atoms with Crippen LogP contribution in [0.25, 0.3) is 0 Å². The minimum atomic E-state index is -1.05. The van der Waals surface area contributed by atoms with Crippen LogP contribution >= 0.6 is 0 Å². The molecule has 0 aromatic heterocycles. The predicted octanol–water partition coefficient (Wildman–Crippen LogP) is 5.57. The topological polar surface area (TPSA) is 235 Å². The van der Waals surface area contributed by atoms with Crippen molar-refractivity contribution >= 4 is 46.2 Å². The van der Waals surface area contributed by atoms with Crippen LogP contribution in [0.1, 0.15) is 35.7 Å². The van der Waals surface area contributed by atoms with Crippen LogP contribution in [-0.4, -0.2) is 57.1 Å². The van der Waals surface area contributed by atoms with E-state index in [4.69, 9.17) is 9.84 Å². The Hall–Kier alpha value is -7.07. The Labute approximate surface area is 302 Å². The van der Waals surface area contributed by atoms with Crippen LogP contribution in [0.5, 0.6) is 5.75 Å². The van der Waals surface area contributed by atoms with E-state index in [-0.39, 0.29) is 52.6 Å². The van der Waals surface area contributed by atoms with Gasteiger partial charge in [0.1, 0.15) is 18.5 Å². The summed E-state index contributed by atoms with van der Waals surface area (Å²) in [4.78, 5) is 60.5. The standard InChI is InChI=1S/C37H34N6O10/c1-21-32(35(45)40-26-5-3-7-28(17-26)42(49)50)34(33(22(2)39-21)36(46)41-27-6-4-8-29(18-27)43(51)52)23-11-15-31(16-12-23)53-20-30(44)19-38-25-13-9-24(10-14-25)37(47)48/h3-18,30,34,38-39,44H,19-20H2,1-2H3,(H,40,45)(H,41,46)(H,47,48). The second-order valence-corrected chi connectivity index (χ2v) is 12.0. The molecule has 1 atom stereocenters. The molecule has 16 heteroatoms. The highest BCUT2D eigenvalue weighted by molar-refractivity contribution is 6.12. The van der Waals surface area contributed by atoms with E-state index in [1.165, 1.54) is 60.7 Å². The summed E-state index contributed by atoms with van der Waals surface area (Å²) < 4.78 is 5.79. The van der Waals surface area contributed by atoms with Gasteiger partial charge < -0.3 is 36.2 Å². The number of carbonyl (C=O) groups is 3. The fraction of sp³-hybridized carbons (Fsp3) is 0.162. The molecular formula is C37H34N6O10. The van der Waals surface area contributed by atoms with Crippen LogP contribution in [0.15, 0.2) is 120 Å². The Morgan fingerprint density at radius 1 is 0.774 bits per heavy atom. The number of nitro groups is 2. The van der Waals surface area contributed by atoms with E-state index in [1.807, 2.05) is 0 Å². The van der Waals surface area contributed by atoms with Crippen LogP contribution in [0.2, 0.25) is 0 Å². The fourth-order valence-electron chi connectivity index (χ4n) is 5.69. The van der Waals surface area contributed by atoms with E-state index in [0.717, 1.165) is 0 Å². The van der Waals surface area contributed by atoms with Gasteiger partial charge in [-0.25, -0.2) is 4.79 Å². The number of allylic oxidation sites excluding steroid dienone is 2. The van der Waals surface area contributed by atoms with Crippen molar-refractivity contribution in [2.45, 2.75) is 25.9 Å². The molecule has 1 aliphatic heterocycles. The number of amides is 2. The maximum atomic E-state index is 14.0. The monoisotopic (exact) mass is 722 g/mol. The molecule has 0 aliphatic carbocycles. The van der Waals surface area contributed by atoms with Crippen molar-refractivity contribution in [2.24, 2.45) is 0 Å². The second-order valence-electron chi connectivity index (χ2n) is 12.0. The van der Waals surface area contributed by atoms with Crippen molar-refractivity contribution in [3.8, 4) is 5.75 Å². The number of carboxylic acid groups (broad SMARTS) is 1. The number of hydrogen-bond acceptors (Lipinski definition) is 11. The number of anilines is 3. The van der Waals surface area contributed by atoms with Gasteiger partial charge in [0, 0.05) is 76.3 Å². The summed E-state index contributed by atoms with van der Waals surface area (Å²) in [5, 5.41) is 53.8. The summed E-state index contributed by atoms with van der Waals surface area (Å²) in [5.74, 6) is -2.93. The SMILES string of the molecule is CC1=C(C(=O)Nc2cccc([N+](=O)[O-])c2)C(c2ccc(OCC(O)CNc3ccc(C(=O)O)cc3)cc2)C(C(=O)Nc2cccc([N+](=O)[O-])c2)=C(C)N1. The number of nitrogens with zero attached hydrogens (tertiary/aromatic N) is 2. The van der Waals surface area contributed by atoms with Crippen molar-refractivity contribution in [3.05, 3.63) is 151 Å². The number of aromatic carboxylic acids is 1. The first kappa shape index (κ1) is 37.2. The minimum Gasteiger partial charge on any atom is -0.491 e. The highest BCUT2D eigenvalue weighted by Gasteiger charge is 2.37. The van der Waals surface area contributed by atoms with Gasteiger partial charge in [0.2, 0.25) is 0 Å². The molecule has 0 radical (unpaired) electrons. The van der Waals surface area contributed by atoms with E-state index < -0.39 is 39.7 Å². The first-order chi connectivity index (χ1) is 25.3. The van der Waals surface area contributed by atoms with Crippen molar-refractivity contribution in [3.63, 3.8) is 0 Å². The lowest BCUT2D eigenvalue weighted by Crippen LogP contribution is -2.35. The van der Waals surface area contributed by atoms with E-state index in [2.05, 4.69) is 21.3 Å². The smallest absolute Gasteiger partial charge is 0.335 e. The Morgan fingerprint density at radius 2 is 1.28 bits per heavy atom. The Kier molecular flexibility index (Phi) is 11.4. The van der Waals surface area contributed by atoms with Gasteiger partial charge in [-0.05, 0) is 67.9 Å². The molecule has 0 fully saturated rings. The van der Waals surface area contributed by atoms with Crippen molar-refractivity contribution in [1.82, 2.24) is 5.32 Å². The maximum Gasteiger partial charge on any atom is 0.335 e. The number of aliphatic hydroxyl groups is 1. The molecule has 0 saturated carbocycles. The van der Waals surface area contributed by atoms with E-state index in [0.29, 0.717) is 28.4 Å². The maximum absolute atomic E-state index is 14.0. The largest absolute Gasteiger partial charge is 0.491 e. The lowest BCUT2D eigenvalue weighted by Gasteiger charge is -2.31. The summed E-state index contributed by atoms with van der Waals surface area (Å²) in [6.45, 7) is 3.32. The molecule has 272 valence electrons. The van der Waals surface area contributed by atoms with Crippen LogP contribution in [-0.2, 0) is 9.59 Å². The van der Waals surface area contributed by atoms with Gasteiger partial charge in [-0.1, -0.05) is 24.3 Å². The summed E-state index contributed by atoms with van der Waals surface area (Å²) in [5.41, 5.74) is 2.20. The number of aliphatic hydroxyl groups excluding tert-OH is 1. The van der Waals surface area contributed by atoms with Gasteiger partial charge in [0.15, 0.2) is 0 Å². The van der Waals surface area contributed by atoms with Gasteiger partial charge in [-0.2, -0.15) is 0 Å². The molecule has 0 saturated heterocycles. The number of non-ortho nitro benzene ring substituents is 2. The number of benzene rings is 4. The van der Waals surface area contributed by atoms with Gasteiger partial charge in [-0.15, -0.1) is 0 Å². The van der Waals surface area contributed by atoms with Crippen LogP contribution in [0, 0.1) is 20.2 Å². The quantitative estimate of drug-likeness (QED) is 0.0693. The lowest BCUT2D eigenvalue weighted by atomic mass is 9.79. The van der Waals surface area contributed by atoms with E-state index >= 15 is 0 Å². The molecule has 53 heavy (non-hydrogen) atoms. The zero-order valence-electron chi connectivity index (χ0n) is 28.4. The molecule has 1 heterocycles. The molecule has 4 aromatic rings. The first-order valence-electron chi connectivity index (χ1n) is 16.1. The third-order valence-electron chi connectivity index (χ3n) is 8.21. The third-order valence-corrected chi connectivity index (χ3v) is 8.21. The first-order valence-corrected chi connectivity index (χ1v) is 16.1. The predicted molar refractivity (Wildman–Crippen MR) is 195 cm³/mol. The van der Waals surface area contributed by atoms with Crippen LogP contribution in [0.3, 0.4) is 0 Å². The van der Waals surface area contributed by atoms with E-state index in [1.54, 1.807) is 50.2 Å². The van der Waals surface area contributed by atoms with Crippen molar-refractivity contribution in [2.75, 3.05) is 29.1 Å². The summed E-state index contributed by atoms with van der Waals surface area (Å²) in [7, 11) is 0. The molecule has 0 spiro atoms. The van der Waals surface area contributed by atoms with Gasteiger partial charge in [-0.3, -0.25) is 29.8 Å². The van der Waals surface area contributed by atoms with Crippen molar-refractivity contribution in [1.29, 1.82) is 0 Å². The molecule has 1 unspecified atom stereocenters. The van der Waals surface area contributed by atoms with Gasteiger partial charge in [0.25, 0.3) is 23.2 Å². The molecule has 4 aromatic carbocycles. The molecule has 6 N–H and O–H groups in total. The molecule has 1 aliphatic rings. The number of ether oxygens (including phenoxy) is 1.